The zero-order valence-electron chi connectivity index (χ0n) is 12.5. The molecule has 0 bridgehead atoms. The minimum Gasteiger partial charge on any atom is -0.492 e. The highest BCUT2D eigenvalue weighted by Crippen LogP contribution is 2.19. The van der Waals surface area contributed by atoms with Crippen molar-refractivity contribution in [2.24, 2.45) is 0 Å². The van der Waals surface area contributed by atoms with Crippen molar-refractivity contribution in [2.75, 3.05) is 19.7 Å². The lowest BCUT2D eigenvalue weighted by atomic mass is 10.0. The SMILES string of the molecule is CCC1CCCCN1C(=O)NCCOc1ccc(Cl)cc1. The predicted molar refractivity (Wildman–Crippen MR) is 85.0 cm³/mol. The van der Waals surface area contributed by atoms with Crippen molar-refractivity contribution >= 4 is 17.6 Å². The molecule has 0 aromatic heterocycles. The molecule has 1 saturated heterocycles. The molecule has 2 rings (SSSR count). The van der Waals surface area contributed by atoms with Gasteiger partial charge < -0.3 is 15.0 Å². The van der Waals surface area contributed by atoms with Gasteiger partial charge in [-0.2, -0.15) is 0 Å². The first-order chi connectivity index (χ1) is 10.2. The van der Waals surface area contributed by atoms with Gasteiger partial charge >= 0.3 is 6.03 Å². The van der Waals surface area contributed by atoms with E-state index in [0.29, 0.717) is 24.2 Å². The van der Waals surface area contributed by atoms with Gasteiger partial charge in [0, 0.05) is 17.6 Å². The van der Waals surface area contributed by atoms with E-state index in [1.54, 1.807) is 12.1 Å². The van der Waals surface area contributed by atoms with E-state index < -0.39 is 0 Å². The van der Waals surface area contributed by atoms with Crippen molar-refractivity contribution in [3.05, 3.63) is 29.3 Å². The normalized spacial score (nSPS) is 18.4. The molecule has 1 aromatic rings. The zero-order valence-corrected chi connectivity index (χ0v) is 13.2. The van der Waals surface area contributed by atoms with Gasteiger partial charge in [-0.25, -0.2) is 4.79 Å². The number of likely N-dealkylation sites (tertiary alicyclic amines) is 1. The fourth-order valence-electron chi connectivity index (χ4n) is 2.65. The summed E-state index contributed by atoms with van der Waals surface area (Å²) in [5.41, 5.74) is 0. The average Bonchev–Trinajstić information content (AvgIpc) is 2.53. The summed E-state index contributed by atoms with van der Waals surface area (Å²) in [6.07, 6.45) is 4.47. The lowest BCUT2D eigenvalue weighted by molar-refractivity contribution is 0.147. The van der Waals surface area contributed by atoms with Gasteiger partial charge in [0.2, 0.25) is 0 Å². The second kappa shape index (κ2) is 8.13. The monoisotopic (exact) mass is 310 g/mol. The Morgan fingerprint density at radius 3 is 2.86 bits per heavy atom. The summed E-state index contributed by atoms with van der Waals surface area (Å²) in [6, 6.07) is 7.63. The molecule has 2 amide bonds. The van der Waals surface area contributed by atoms with E-state index in [0.717, 1.165) is 31.6 Å². The highest BCUT2D eigenvalue weighted by Gasteiger charge is 2.24. The van der Waals surface area contributed by atoms with Gasteiger partial charge in [-0.15, -0.1) is 0 Å². The van der Waals surface area contributed by atoms with Crippen LogP contribution in [0, 0.1) is 0 Å². The molecule has 1 aliphatic rings. The van der Waals surface area contributed by atoms with Crippen LogP contribution in [0.15, 0.2) is 24.3 Å². The third-order valence-corrected chi connectivity index (χ3v) is 4.07. The van der Waals surface area contributed by atoms with Gasteiger partial charge in [0.1, 0.15) is 12.4 Å². The molecule has 1 aromatic carbocycles. The number of ether oxygens (including phenoxy) is 1. The van der Waals surface area contributed by atoms with Crippen LogP contribution in [0.1, 0.15) is 32.6 Å². The molecule has 0 aliphatic carbocycles. The minimum absolute atomic E-state index is 0.0289. The zero-order chi connectivity index (χ0) is 15.1. The van der Waals surface area contributed by atoms with Crippen LogP contribution in [0.2, 0.25) is 5.02 Å². The number of piperidine rings is 1. The number of hydrogen-bond acceptors (Lipinski definition) is 2. The Hall–Kier alpha value is -1.42. The number of nitrogens with zero attached hydrogens (tertiary/aromatic N) is 1. The molecule has 1 heterocycles. The number of carbonyl (C=O) groups excluding carboxylic acids is 1. The van der Waals surface area contributed by atoms with Gasteiger partial charge in [0.05, 0.1) is 6.54 Å². The van der Waals surface area contributed by atoms with E-state index in [1.165, 1.54) is 6.42 Å². The van der Waals surface area contributed by atoms with Crippen LogP contribution in [0.5, 0.6) is 5.75 Å². The van der Waals surface area contributed by atoms with E-state index in [-0.39, 0.29) is 6.03 Å². The predicted octanol–water partition coefficient (Wildman–Crippen LogP) is 3.69. The lowest BCUT2D eigenvalue weighted by Gasteiger charge is -2.35. The second-order valence-corrected chi connectivity index (χ2v) is 5.72. The Balaban J connectivity index is 1.70. The molecule has 0 spiro atoms. The summed E-state index contributed by atoms with van der Waals surface area (Å²) in [6.45, 7) is 3.97. The molecular weight excluding hydrogens is 288 g/mol. The number of urea groups is 1. The number of nitrogens with one attached hydrogen (secondary N) is 1. The van der Waals surface area contributed by atoms with Gasteiger partial charge in [-0.3, -0.25) is 0 Å². The molecule has 1 unspecified atom stereocenters. The number of rotatable bonds is 5. The largest absolute Gasteiger partial charge is 0.492 e. The first-order valence-electron chi connectivity index (χ1n) is 7.63. The van der Waals surface area contributed by atoms with Gasteiger partial charge in [-0.1, -0.05) is 18.5 Å². The van der Waals surface area contributed by atoms with Crippen molar-refractivity contribution in [1.29, 1.82) is 0 Å². The second-order valence-electron chi connectivity index (χ2n) is 5.29. The quantitative estimate of drug-likeness (QED) is 0.843. The molecule has 1 aliphatic heterocycles. The van der Waals surface area contributed by atoms with Crippen LogP contribution < -0.4 is 10.1 Å². The van der Waals surface area contributed by atoms with Crippen LogP contribution in [0.3, 0.4) is 0 Å². The first kappa shape index (κ1) is 16.0. The van der Waals surface area contributed by atoms with Crippen molar-refractivity contribution in [2.45, 2.75) is 38.6 Å². The molecule has 0 saturated carbocycles. The Morgan fingerprint density at radius 2 is 2.14 bits per heavy atom. The maximum absolute atomic E-state index is 12.2. The molecule has 4 nitrogen and oxygen atoms in total. The third-order valence-electron chi connectivity index (χ3n) is 3.82. The third kappa shape index (κ3) is 4.81. The topological polar surface area (TPSA) is 41.6 Å². The standard InChI is InChI=1S/C16H23ClN2O2/c1-2-14-5-3-4-11-19(14)16(20)18-10-12-21-15-8-6-13(17)7-9-15/h6-9,14H,2-5,10-12H2,1H3,(H,18,20). The molecule has 21 heavy (non-hydrogen) atoms. The summed E-state index contributed by atoms with van der Waals surface area (Å²) in [7, 11) is 0. The van der Waals surface area contributed by atoms with Crippen LogP contribution >= 0.6 is 11.6 Å². The molecule has 0 radical (unpaired) electrons. The van der Waals surface area contributed by atoms with Gasteiger partial charge in [0.25, 0.3) is 0 Å². The highest BCUT2D eigenvalue weighted by molar-refractivity contribution is 6.30. The first-order valence-corrected chi connectivity index (χ1v) is 8.01. The number of amides is 2. The van der Waals surface area contributed by atoms with E-state index in [1.807, 2.05) is 17.0 Å². The van der Waals surface area contributed by atoms with E-state index >= 15 is 0 Å². The number of hydrogen-bond donors (Lipinski definition) is 1. The fourth-order valence-corrected chi connectivity index (χ4v) is 2.78. The van der Waals surface area contributed by atoms with Gasteiger partial charge in [-0.05, 0) is 49.9 Å². The molecule has 1 N–H and O–H groups in total. The average molecular weight is 311 g/mol. The van der Waals surface area contributed by atoms with E-state index in [2.05, 4.69) is 12.2 Å². The molecule has 1 atom stereocenters. The van der Waals surface area contributed by atoms with Crippen molar-refractivity contribution in [3.63, 3.8) is 0 Å². The minimum atomic E-state index is 0.0289. The summed E-state index contributed by atoms with van der Waals surface area (Å²) in [4.78, 5) is 14.1. The Bertz CT molecular complexity index is 450. The van der Waals surface area contributed by atoms with E-state index in [4.69, 9.17) is 16.3 Å². The Morgan fingerprint density at radius 1 is 1.38 bits per heavy atom. The molecule has 5 heteroatoms. The summed E-state index contributed by atoms with van der Waals surface area (Å²) in [5.74, 6) is 0.762. The summed E-state index contributed by atoms with van der Waals surface area (Å²) >= 11 is 5.81. The fraction of sp³-hybridized carbons (Fsp3) is 0.562. The van der Waals surface area contributed by atoms with Gasteiger partial charge in [0.15, 0.2) is 0 Å². The van der Waals surface area contributed by atoms with Crippen LogP contribution in [-0.2, 0) is 0 Å². The maximum Gasteiger partial charge on any atom is 0.317 e. The molecule has 116 valence electrons. The number of benzene rings is 1. The maximum atomic E-state index is 12.2. The number of halogens is 1. The highest BCUT2D eigenvalue weighted by atomic mass is 35.5. The molecule has 1 fully saturated rings. The Kier molecular flexibility index (Phi) is 6.18. The van der Waals surface area contributed by atoms with Crippen LogP contribution in [0.25, 0.3) is 0 Å². The van der Waals surface area contributed by atoms with Crippen molar-refractivity contribution in [1.82, 2.24) is 10.2 Å². The molecular formula is C16H23ClN2O2. The lowest BCUT2D eigenvalue weighted by Crippen LogP contribution is -2.49. The summed E-state index contributed by atoms with van der Waals surface area (Å²) < 4.78 is 5.56. The summed E-state index contributed by atoms with van der Waals surface area (Å²) in [5, 5.41) is 3.62. The van der Waals surface area contributed by atoms with Crippen molar-refractivity contribution < 1.29 is 9.53 Å². The smallest absolute Gasteiger partial charge is 0.317 e. The van der Waals surface area contributed by atoms with Crippen LogP contribution in [0.4, 0.5) is 4.79 Å². The van der Waals surface area contributed by atoms with Crippen molar-refractivity contribution in [3.8, 4) is 5.75 Å². The van der Waals surface area contributed by atoms with Crippen LogP contribution in [-0.4, -0.2) is 36.7 Å². The number of carbonyl (C=O) groups is 1. The Labute approximate surface area is 131 Å². The van der Waals surface area contributed by atoms with E-state index in [9.17, 15) is 4.79 Å².